The third-order valence-corrected chi connectivity index (χ3v) is 4.20. The lowest BCUT2D eigenvalue weighted by molar-refractivity contribution is 0.0960. The van der Waals surface area contributed by atoms with Gasteiger partial charge in [0, 0.05) is 18.1 Å². The first-order valence-electron chi connectivity index (χ1n) is 7.43. The zero-order chi connectivity index (χ0) is 15.1. The molecule has 6 nitrogen and oxygen atoms in total. The molecule has 3 aromatic rings. The molecule has 2 aromatic heterocycles. The van der Waals surface area contributed by atoms with Crippen molar-refractivity contribution >= 4 is 21.9 Å². The highest BCUT2D eigenvalue weighted by molar-refractivity contribution is 6.04. The van der Waals surface area contributed by atoms with Gasteiger partial charge in [-0.25, -0.2) is 4.98 Å². The van der Waals surface area contributed by atoms with Crippen LogP contribution in [0, 0.1) is 0 Å². The fourth-order valence-electron chi connectivity index (χ4n) is 3.04. The Morgan fingerprint density at radius 1 is 1.50 bits per heavy atom. The number of aromatic nitrogens is 3. The number of benzene rings is 1. The molecule has 114 valence electrons. The highest BCUT2D eigenvalue weighted by Gasteiger charge is 2.18. The van der Waals surface area contributed by atoms with E-state index in [0.29, 0.717) is 17.6 Å². The normalized spacial score (nSPS) is 18.3. The Balaban J connectivity index is 1.83. The predicted molar refractivity (Wildman–Crippen MR) is 83.4 cm³/mol. The summed E-state index contributed by atoms with van der Waals surface area (Å²) >= 11 is 0. The van der Waals surface area contributed by atoms with Crippen LogP contribution < -0.4 is 10.3 Å². The minimum atomic E-state index is -0.0596. The van der Waals surface area contributed by atoms with Crippen molar-refractivity contribution in [3.05, 3.63) is 34.9 Å². The Kier molecular flexibility index (Phi) is 3.11. The lowest BCUT2D eigenvalue weighted by Gasteiger charge is -2.10. The second kappa shape index (κ2) is 5.14. The molecule has 1 atom stereocenters. The standard InChI is InChI=1S/C16H17N3O3/c1-21-10-4-5-12-13(7-10)18-15-14(12)17-9-19(16(15)20)8-11-3-2-6-22-11/h4-5,7,9,11,18H,2-3,6,8H2,1H3/t11-/m1/s1. The van der Waals surface area contributed by atoms with Gasteiger partial charge >= 0.3 is 0 Å². The molecule has 4 rings (SSSR count). The first-order chi connectivity index (χ1) is 10.8. The quantitative estimate of drug-likeness (QED) is 0.804. The number of nitrogens with one attached hydrogen (secondary N) is 1. The number of hydrogen-bond donors (Lipinski definition) is 1. The van der Waals surface area contributed by atoms with Gasteiger partial charge < -0.3 is 14.5 Å². The first kappa shape index (κ1) is 13.3. The summed E-state index contributed by atoms with van der Waals surface area (Å²) in [4.78, 5) is 20.3. The van der Waals surface area contributed by atoms with E-state index in [9.17, 15) is 4.79 Å². The molecule has 0 aliphatic carbocycles. The van der Waals surface area contributed by atoms with Gasteiger partial charge in [0.15, 0.2) is 0 Å². The molecule has 0 bridgehead atoms. The van der Waals surface area contributed by atoms with Gasteiger partial charge in [-0.05, 0) is 25.0 Å². The molecule has 6 heteroatoms. The molecule has 1 aliphatic heterocycles. The second-order valence-electron chi connectivity index (χ2n) is 5.60. The van der Waals surface area contributed by atoms with E-state index in [4.69, 9.17) is 9.47 Å². The van der Waals surface area contributed by atoms with Crippen LogP contribution in [-0.4, -0.2) is 34.4 Å². The van der Waals surface area contributed by atoms with Crippen LogP contribution in [0.1, 0.15) is 12.8 Å². The molecule has 0 unspecified atom stereocenters. The van der Waals surface area contributed by atoms with Crippen LogP contribution in [0.2, 0.25) is 0 Å². The van der Waals surface area contributed by atoms with E-state index in [1.165, 1.54) is 0 Å². The van der Waals surface area contributed by atoms with Gasteiger partial charge in [-0.3, -0.25) is 9.36 Å². The molecule has 22 heavy (non-hydrogen) atoms. The largest absolute Gasteiger partial charge is 0.497 e. The number of rotatable bonds is 3. The van der Waals surface area contributed by atoms with Crippen molar-refractivity contribution in [1.29, 1.82) is 0 Å². The van der Waals surface area contributed by atoms with Crippen LogP contribution in [0.25, 0.3) is 21.9 Å². The van der Waals surface area contributed by atoms with E-state index < -0.39 is 0 Å². The molecule has 0 radical (unpaired) electrons. The Morgan fingerprint density at radius 3 is 3.18 bits per heavy atom. The fourth-order valence-corrected chi connectivity index (χ4v) is 3.04. The third kappa shape index (κ3) is 2.07. The smallest absolute Gasteiger partial charge is 0.277 e. The van der Waals surface area contributed by atoms with Gasteiger partial charge in [-0.1, -0.05) is 0 Å². The van der Waals surface area contributed by atoms with Crippen molar-refractivity contribution in [3.63, 3.8) is 0 Å². The Hall–Kier alpha value is -2.34. The van der Waals surface area contributed by atoms with Crippen LogP contribution in [0.15, 0.2) is 29.3 Å². The van der Waals surface area contributed by atoms with Crippen LogP contribution in [0.3, 0.4) is 0 Å². The van der Waals surface area contributed by atoms with E-state index in [0.717, 1.165) is 36.1 Å². The van der Waals surface area contributed by atoms with Crippen molar-refractivity contribution in [2.45, 2.75) is 25.5 Å². The van der Waals surface area contributed by atoms with Gasteiger partial charge in [-0.2, -0.15) is 0 Å². The van der Waals surface area contributed by atoms with Crippen molar-refractivity contribution in [2.24, 2.45) is 0 Å². The first-order valence-corrected chi connectivity index (χ1v) is 7.43. The molecule has 1 N–H and O–H groups in total. The van der Waals surface area contributed by atoms with Gasteiger partial charge in [0.05, 0.1) is 31.6 Å². The van der Waals surface area contributed by atoms with Crippen molar-refractivity contribution in [3.8, 4) is 5.75 Å². The van der Waals surface area contributed by atoms with Crippen molar-refractivity contribution in [1.82, 2.24) is 14.5 Å². The molecular formula is C16H17N3O3. The third-order valence-electron chi connectivity index (χ3n) is 4.20. The van der Waals surface area contributed by atoms with E-state index in [-0.39, 0.29) is 11.7 Å². The Labute approximate surface area is 126 Å². The summed E-state index contributed by atoms with van der Waals surface area (Å²) in [6.45, 7) is 1.34. The molecular weight excluding hydrogens is 282 g/mol. The van der Waals surface area contributed by atoms with Crippen molar-refractivity contribution in [2.75, 3.05) is 13.7 Å². The maximum absolute atomic E-state index is 12.6. The summed E-state index contributed by atoms with van der Waals surface area (Å²) in [5.74, 6) is 0.749. The number of nitrogens with zero attached hydrogens (tertiary/aromatic N) is 2. The Bertz CT molecular complexity index is 891. The lowest BCUT2D eigenvalue weighted by atomic mass is 10.2. The van der Waals surface area contributed by atoms with Crippen LogP contribution in [0.4, 0.5) is 0 Å². The van der Waals surface area contributed by atoms with E-state index in [1.54, 1.807) is 18.0 Å². The number of hydrogen-bond acceptors (Lipinski definition) is 4. The fraction of sp³-hybridized carbons (Fsp3) is 0.375. The number of ether oxygens (including phenoxy) is 2. The molecule has 0 saturated carbocycles. The number of fused-ring (bicyclic) bond motifs is 3. The van der Waals surface area contributed by atoms with Crippen LogP contribution >= 0.6 is 0 Å². The summed E-state index contributed by atoms with van der Waals surface area (Å²) in [5.41, 5.74) is 2.03. The maximum Gasteiger partial charge on any atom is 0.277 e. The molecule has 1 saturated heterocycles. The summed E-state index contributed by atoms with van der Waals surface area (Å²) in [5, 5.41) is 0.928. The lowest BCUT2D eigenvalue weighted by Crippen LogP contribution is -2.26. The minimum absolute atomic E-state index is 0.0596. The topological polar surface area (TPSA) is 69.1 Å². The SMILES string of the molecule is COc1ccc2c(c1)[nH]c1c(=O)n(C[C@H]3CCCO3)cnc12. The Morgan fingerprint density at radius 2 is 2.41 bits per heavy atom. The van der Waals surface area contributed by atoms with E-state index >= 15 is 0 Å². The maximum atomic E-state index is 12.6. The summed E-state index contributed by atoms with van der Waals surface area (Å²) < 4.78 is 12.4. The summed E-state index contributed by atoms with van der Waals surface area (Å²) in [6.07, 6.45) is 3.78. The van der Waals surface area contributed by atoms with Gasteiger partial charge in [-0.15, -0.1) is 0 Å². The van der Waals surface area contributed by atoms with Crippen molar-refractivity contribution < 1.29 is 9.47 Å². The summed E-state index contributed by atoms with van der Waals surface area (Å²) in [6, 6.07) is 5.67. The number of methoxy groups -OCH3 is 1. The van der Waals surface area contributed by atoms with Gasteiger partial charge in [0.1, 0.15) is 16.8 Å². The van der Waals surface area contributed by atoms with E-state index in [2.05, 4.69) is 9.97 Å². The molecule has 1 fully saturated rings. The summed E-state index contributed by atoms with van der Waals surface area (Å²) in [7, 11) is 1.62. The highest BCUT2D eigenvalue weighted by Crippen LogP contribution is 2.25. The number of H-pyrrole nitrogens is 1. The van der Waals surface area contributed by atoms with E-state index in [1.807, 2.05) is 18.2 Å². The predicted octanol–water partition coefficient (Wildman–Crippen LogP) is 2.07. The monoisotopic (exact) mass is 299 g/mol. The van der Waals surface area contributed by atoms with Gasteiger partial charge in [0.2, 0.25) is 0 Å². The average molecular weight is 299 g/mol. The molecule has 1 aliphatic rings. The molecule has 1 aromatic carbocycles. The molecule has 0 spiro atoms. The molecule has 0 amide bonds. The molecule has 3 heterocycles. The highest BCUT2D eigenvalue weighted by atomic mass is 16.5. The number of aromatic amines is 1. The van der Waals surface area contributed by atoms with Gasteiger partial charge in [0.25, 0.3) is 5.56 Å². The van der Waals surface area contributed by atoms with Crippen LogP contribution in [0.5, 0.6) is 5.75 Å². The average Bonchev–Trinajstić information content (AvgIpc) is 3.17. The van der Waals surface area contributed by atoms with Crippen LogP contribution in [-0.2, 0) is 11.3 Å². The zero-order valence-electron chi connectivity index (χ0n) is 12.3. The zero-order valence-corrected chi connectivity index (χ0v) is 12.3. The minimum Gasteiger partial charge on any atom is -0.497 e. The second-order valence-corrected chi connectivity index (χ2v) is 5.60.